The number of ether oxygens (including phenoxy) is 2. The first-order valence-corrected chi connectivity index (χ1v) is 12.4. The maximum absolute atomic E-state index is 13.7. The van der Waals surface area contributed by atoms with E-state index in [1.165, 1.54) is 23.1 Å². The van der Waals surface area contributed by atoms with Gasteiger partial charge in [0.1, 0.15) is 0 Å². The fourth-order valence-corrected chi connectivity index (χ4v) is 6.56. The summed E-state index contributed by atoms with van der Waals surface area (Å²) < 4.78 is 9.39. The number of carbonyl (C=O) groups excluding carboxylic acids is 2. The molecule has 0 aliphatic carbocycles. The van der Waals surface area contributed by atoms with Crippen LogP contribution in [0.5, 0.6) is 0 Å². The Balaban J connectivity index is 1.71. The Labute approximate surface area is 200 Å². The van der Waals surface area contributed by atoms with Crippen LogP contribution in [-0.4, -0.2) is 49.8 Å². The van der Waals surface area contributed by atoms with Gasteiger partial charge in [-0.3, -0.25) is 4.79 Å². The van der Waals surface area contributed by atoms with Gasteiger partial charge in [0.15, 0.2) is 5.13 Å². The first kappa shape index (κ1) is 21.9. The van der Waals surface area contributed by atoms with E-state index in [0.29, 0.717) is 42.6 Å². The number of anilines is 2. The Bertz CT molecular complexity index is 1180. The van der Waals surface area contributed by atoms with Gasteiger partial charge in [-0.25, -0.2) is 9.78 Å². The van der Waals surface area contributed by atoms with Crippen molar-refractivity contribution in [2.75, 3.05) is 43.1 Å². The number of fused-ring (bicyclic) bond motifs is 1. The number of nitrogens with zero attached hydrogens (tertiary/aromatic N) is 2. The molecule has 170 valence electrons. The van der Waals surface area contributed by atoms with Gasteiger partial charge < -0.3 is 19.7 Å². The van der Waals surface area contributed by atoms with Gasteiger partial charge in [0.2, 0.25) is 4.75 Å². The number of amides is 1. The maximum atomic E-state index is 13.7. The number of para-hydroxylation sites is 1. The van der Waals surface area contributed by atoms with Crippen molar-refractivity contribution in [1.29, 1.82) is 0 Å². The molecule has 0 unspecified atom stereocenters. The van der Waals surface area contributed by atoms with E-state index in [2.05, 4.69) is 10.2 Å². The monoisotopic (exact) mass is 481 g/mol. The highest BCUT2D eigenvalue weighted by Crippen LogP contribution is 2.54. The fourth-order valence-electron chi connectivity index (χ4n) is 3.92. The predicted octanol–water partition coefficient (Wildman–Crippen LogP) is 4.15. The lowest BCUT2D eigenvalue weighted by Gasteiger charge is -2.33. The van der Waals surface area contributed by atoms with Crippen LogP contribution >= 0.6 is 23.1 Å². The van der Waals surface area contributed by atoms with Crippen molar-refractivity contribution in [3.63, 3.8) is 0 Å². The second kappa shape index (κ2) is 9.17. The average molecular weight is 482 g/mol. The molecule has 1 fully saturated rings. The summed E-state index contributed by atoms with van der Waals surface area (Å²) in [5.41, 5.74) is 2.16. The lowest BCUT2D eigenvalue weighted by atomic mass is 9.99. The van der Waals surface area contributed by atoms with Gasteiger partial charge in [0.25, 0.3) is 5.91 Å². The Kier molecular flexibility index (Phi) is 6.09. The number of esters is 1. The number of morpholine rings is 1. The van der Waals surface area contributed by atoms with Crippen molar-refractivity contribution in [3.05, 3.63) is 59.5 Å². The van der Waals surface area contributed by atoms with Crippen molar-refractivity contribution in [1.82, 2.24) is 4.98 Å². The minimum absolute atomic E-state index is 0.172. The van der Waals surface area contributed by atoms with Gasteiger partial charge in [-0.2, -0.15) is 0 Å². The molecule has 2 aliphatic rings. The number of nitrogens with one attached hydrogen (secondary N) is 1. The Morgan fingerprint density at radius 2 is 1.88 bits per heavy atom. The molecule has 1 amide bonds. The maximum Gasteiger partial charge on any atom is 0.337 e. The Hall–Kier alpha value is -2.88. The summed E-state index contributed by atoms with van der Waals surface area (Å²) in [5, 5.41) is 3.71. The van der Waals surface area contributed by atoms with Crippen molar-refractivity contribution in [2.45, 2.75) is 16.6 Å². The molecule has 5 rings (SSSR count). The minimum Gasteiger partial charge on any atom is -0.464 e. The van der Waals surface area contributed by atoms with E-state index >= 15 is 0 Å². The molecule has 1 N–H and O–H groups in total. The number of aromatic nitrogens is 1. The topological polar surface area (TPSA) is 80.8 Å². The first-order chi connectivity index (χ1) is 16.1. The van der Waals surface area contributed by atoms with Crippen LogP contribution in [-0.2, 0) is 23.8 Å². The third kappa shape index (κ3) is 3.90. The van der Waals surface area contributed by atoms with Gasteiger partial charge in [0, 0.05) is 23.5 Å². The second-order valence-corrected chi connectivity index (χ2v) is 9.83. The summed E-state index contributed by atoms with van der Waals surface area (Å²) in [7, 11) is 0. The van der Waals surface area contributed by atoms with E-state index in [1.807, 2.05) is 54.6 Å². The third-order valence-electron chi connectivity index (χ3n) is 5.55. The summed E-state index contributed by atoms with van der Waals surface area (Å²) in [6.07, 6.45) is 0. The van der Waals surface area contributed by atoms with Crippen molar-refractivity contribution in [2.24, 2.45) is 0 Å². The van der Waals surface area contributed by atoms with Gasteiger partial charge in [-0.05, 0) is 19.1 Å². The summed E-state index contributed by atoms with van der Waals surface area (Å²) >= 11 is 2.60. The molecule has 3 aromatic rings. The molecule has 0 spiro atoms. The zero-order chi connectivity index (χ0) is 22.8. The predicted molar refractivity (Wildman–Crippen MR) is 130 cm³/mol. The molecular weight excluding hydrogens is 458 g/mol. The largest absolute Gasteiger partial charge is 0.464 e. The fraction of sp³-hybridized carbons (Fsp3) is 0.292. The summed E-state index contributed by atoms with van der Waals surface area (Å²) in [5.74, 6) is -1.00. The molecule has 1 atom stereocenters. The van der Waals surface area contributed by atoms with Crippen LogP contribution in [0.2, 0.25) is 0 Å². The smallest absolute Gasteiger partial charge is 0.337 e. The number of hydrogen-bond acceptors (Lipinski definition) is 8. The molecule has 3 heterocycles. The van der Waals surface area contributed by atoms with E-state index in [4.69, 9.17) is 14.5 Å². The molecule has 7 nitrogen and oxygen atoms in total. The van der Waals surface area contributed by atoms with Crippen LogP contribution in [0.15, 0.2) is 59.5 Å². The van der Waals surface area contributed by atoms with E-state index < -0.39 is 16.6 Å². The average Bonchev–Trinajstić information content (AvgIpc) is 3.31. The number of carbonyl (C=O) groups is 2. The van der Waals surface area contributed by atoms with Crippen molar-refractivity contribution < 1.29 is 19.1 Å². The molecule has 2 aromatic carbocycles. The molecule has 2 aliphatic heterocycles. The molecule has 1 saturated heterocycles. The number of thioether (sulfide) groups is 1. The summed E-state index contributed by atoms with van der Waals surface area (Å²) in [6, 6.07) is 17.1. The SMILES string of the molecule is CCOC(=O)[C@]1(c2sc(N3CCOCC3)nc2-c2ccccc2)Sc2ccccc2NC1=O. The standard InChI is InChI=1S/C24H23N3O4S2/c1-2-31-22(29)24(21(28)25-17-10-6-7-11-18(17)33-24)20-19(16-8-4-3-5-9-16)26-23(32-20)27-12-14-30-15-13-27/h3-11H,2,12-15H2,1H3,(H,25,28)/t24-/m1/s1. The summed E-state index contributed by atoms with van der Waals surface area (Å²) in [4.78, 5) is 35.7. The molecule has 9 heteroatoms. The van der Waals surface area contributed by atoms with Crippen molar-refractivity contribution >= 4 is 45.8 Å². The van der Waals surface area contributed by atoms with E-state index in [-0.39, 0.29) is 6.61 Å². The van der Waals surface area contributed by atoms with Crippen LogP contribution in [0.1, 0.15) is 11.8 Å². The Morgan fingerprint density at radius 3 is 2.64 bits per heavy atom. The number of rotatable bonds is 5. The first-order valence-electron chi connectivity index (χ1n) is 10.8. The van der Waals surface area contributed by atoms with Crippen LogP contribution in [0, 0.1) is 0 Å². The zero-order valence-electron chi connectivity index (χ0n) is 18.1. The minimum atomic E-state index is -1.60. The highest BCUT2D eigenvalue weighted by molar-refractivity contribution is 8.02. The highest BCUT2D eigenvalue weighted by atomic mass is 32.2. The van der Waals surface area contributed by atoms with Gasteiger partial charge in [-0.15, -0.1) is 0 Å². The second-order valence-electron chi connectivity index (χ2n) is 7.59. The normalized spacial score (nSPS) is 20.2. The van der Waals surface area contributed by atoms with Crippen molar-refractivity contribution in [3.8, 4) is 11.3 Å². The number of hydrogen-bond donors (Lipinski definition) is 1. The van der Waals surface area contributed by atoms with Gasteiger partial charge in [-0.1, -0.05) is 65.6 Å². The quantitative estimate of drug-likeness (QED) is 0.433. The van der Waals surface area contributed by atoms with Crippen LogP contribution < -0.4 is 10.2 Å². The molecule has 33 heavy (non-hydrogen) atoms. The highest BCUT2D eigenvalue weighted by Gasteiger charge is 2.56. The van der Waals surface area contributed by atoms with Gasteiger partial charge in [0.05, 0.1) is 36.1 Å². The molecule has 0 radical (unpaired) electrons. The lowest BCUT2D eigenvalue weighted by molar-refractivity contribution is -0.149. The number of benzene rings is 2. The lowest BCUT2D eigenvalue weighted by Crippen LogP contribution is -2.47. The number of thiazole rings is 1. The molecule has 0 bridgehead atoms. The van der Waals surface area contributed by atoms with E-state index in [0.717, 1.165) is 15.6 Å². The molecular formula is C24H23N3O4S2. The molecule has 1 aromatic heterocycles. The Morgan fingerprint density at radius 1 is 1.15 bits per heavy atom. The van der Waals surface area contributed by atoms with Crippen LogP contribution in [0.25, 0.3) is 11.3 Å². The van der Waals surface area contributed by atoms with E-state index in [9.17, 15) is 9.59 Å². The van der Waals surface area contributed by atoms with Crippen LogP contribution in [0.3, 0.4) is 0 Å². The zero-order valence-corrected chi connectivity index (χ0v) is 19.7. The van der Waals surface area contributed by atoms with E-state index in [1.54, 1.807) is 6.92 Å². The van der Waals surface area contributed by atoms with Crippen LogP contribution in [0.4, 0.5) is 10.8 Å². The summed E-state index contributed by atoms with van der Waals surface area (Å²) in [6.45, 7) is 4.55. The molecule has 0 saturated carbocycles. The van der Waals surface area contributed by atoms with Gasteiger partial charge >= 0.3 is 5.97 Å². The third-order valence-corrected chi connectivity index (χ3v) is 8.35.